The van der Waals surface area contributed by atoms with Crippen LogP contribution in [0.5, 0.6) is 0 Å². The van der Waals surface area contributed by atoms with E-state index in [1.54, 1.807) is 0 Å². The van der Waals surface area contributed by atoms with Crippen molar-refractivity contribution in [2.75, 3.05) is 0 Å². The Morgan fingerprint density at radius 2 is 2.06 bits per heavy atom. The summed E-state index contributed by atoms with van der Waals surface area (Å²) in [5.41, 5.74) is 3.98. The monoisotopic (exact) mass is 244 g/mol. The highest BCUT2D eigenvalue weighted by Crippen LogP contribution is 2.40. The van der Waals surface area contributed by atoms with Crippen molar-refractivity contribution in [1.29, 1.82) is 0 Å². The van der Waals surface area contributed by atoms with E-state index >= 15 is 0 Å². The molecule has 1 N–H and O–H groups in total. The summed E-state index contributed by atoms with van der Waals surface area (Å²) in [4.78, 5) is 0. The normalized spacial score (nSPS) is 30.7. The number of rotatable bonds is 3. The van der Waals surface area contributed by atoms with Gasteiger partial charge in [-0.05, 0) is 54.7 Å². The van der Waals surface area contributed by atoms with Gasteiger partial charge in [-0.2, -0.15) is 0 Å². The molecule has 1 aromatic rings. The number of benzene rings is 1. The van der Waals surface area contributed by atoms with Gasteiger partial charge in [-0.3, -0.25) is 0 Å². The molecule has 1 saturated carbocycles. The van der Waals surface area contributed by atoms with Crippen LogP contribution in [0.25, 0.3) is 0 Å². The molecule has 0 bridgehead atoms. The fourth-order valence-electron chi connectivity index (χ4n) is 4.03. The van der Waals surface area contributed by atoms with Crippen LogP contribution in [0, 0.1) is 5.92 Å². The van der Waals surface area contributed by atoms with Gasteiger partial charge in [-0.25, -0.2) is 0 Å². The number of hydrogen-bond donors (Lipinski definition) is 1. The molecule has 3 rings (SSSR count). The number of hydrogen-bond acceptors (Lipinski definition) is 1. The molecule has 2 atom stereocenters. The van der Waals surface area contributed by atoms with Crippen molar-refractivity contribution >= 4 is 0 Å². The minimum absolute atomic E-state index is 0.429. The maximum absolute atomic E-state index is 10.9. The molecule has 98 valence electrons. The van der Waals surface area contributed by atoms with Crippen LogP contribution in [0.2, 0.25) is 0 Å². The Morgan fingerprint density at radius 3 is 2.89 bits per heavy atom. The van der Waals surface area contributed by atoms with E-state index in [2.05, 4.69) is 25.1 Å². The average Bonchev–Trinajstić information content (AvgIpc) is 2.94. The summed E-state index contributed by atoms with van der Waals surface area (Å²) in [6.45, 7) is 2.21. The SMILES string of the molecule is CCC1CCCC1(O)Cc1ccc2c(c1)CCC2. The van der Waals surface area contributed by atoms with Gasteiger partial charge in [0.15, 0.2) is 0 Å². The average molecular weight is 244 g/mol. The lowest BCUT2D eigenvalue weighted by Crippen LogP contribution is -2.35. The van der Waals surface area contributed by atoms with Gasteiger partial charge in [0.2, 0.25) is 0 Å². The number of aliphatic hydroxyl groups is 1. The van der Waals surface area contributed by atoms with Gasteiger partial charge in [0.25, 0.3) is 0 Å². The molecule has 0 saturated heterocycles. The van der Waals surface area contributed by atoms with Gasteiger partial charge < -0.3 is 5.11 Å². The summed E-state index contributed by atoms with van der Waals surface area (Å²) in [5, 5.41) is 10.9. The molecular formula is C17H24O. The van der Waals surface area contributed by atoms with Gasteiger partial charge in [-0.15, -0.1) is 0 Å². The Morgan fingerprint density at radius 1 is 1.22 bits per heavy atom. The first-order valence-corrected chi connectivity index (χ1v) is 7.54. The highest BCUT2D eigenvalue weighted by Gasteiger charge is 2.39. The third-order valence-electron chi connectivity index (χ3n) is 5.09. The lowest BCUT2D eigenvalue weighted by atomic mass is 9.83. The minimum atomic E-state index is -0.429. The molecule has 0 radical (unpaired) electrons. The van der Waals surface area contributed by atoms with Gasteiger partial charge in [0.05, 0.1) is 5.60 Å². The molecule has 0 aliphatic heterocycles. The van der Waals surface area contributed by atoms with Crippen LogP contribution in [-0.2, 0) is 19.3 Å². The summed E-state index contributed by atoms with van der Waals surface area (Å²) in [5.74, 6) is 0.505. The molecule has 0 heterocycles. The highest BCUT2D eigenvalue weighted by molar-refractivity contribution is 5.36. The molecule has 2 aliphatic carbocycles. The van der Waals surface area contributed by atoms with Crippen LogP contribution < -0.4 is 0 Å². The van der Waals surface area contributed by atoms with Gasteiger partial charge >= 0.3 is 0 Å². The molecule has 0 amide bonds. The zero-order valence-corrected chi connectivity index (χ0v) is 11.4. The molecule has 0 spiro atoms. The van der Waals surface area contributed by atoms with E-state index in [4.69, 9.17) is 0 Å². The predicted octanol–water partition coefficient (Wildman–Crippen LogP) is 3.66. The van der Waals surface area contributed by atoms with E-state index in [1.165, 1.54) is 48.8 Å². The third kappa shape index (κ3) is 2.09. The zero-order valence-electron chi connectivity index (χ0n) is 11.4. The minimum Gasteiger partial charge on any atom is -0.389 e. The van der Waals surface area contributed by atoms with Crippen molar-refractivity contribution in [2.45, 2.75) is 63.9 Å². The van der Waals surface area contributed by atoms with Crippen LogP contribution in [-0.4, -0.2) is 10.7 Å². The predicted molar refractivity (Wildman–Crippen MR) is 74.8 cm³/mol. The Bertz CT molecular complexity index is 437. The van der Waals surface area contributed by atoms with Crippen LogP contribution >= 0.6 is 0 Å². The fraction of sp³-hybridized carbons (Fsp3) is 0.647. The first kappa shape index (κ1) is 12.2. The van der Waals surface area contributed by atoms with Crippen LogP contribution in [0.4, 0.5) is 0 Å². The lowest BCUT2D eigenvalue weighted by molar-refractivity contribution is 0.00146. The lowest BCUT2D eigenvalue weighted by Gasteiger charge is -2.30. The first-order chi connectivity index (χ1) is 8.71. The fourth-order valence-corrected chi connectivity index (χ4v) is 4.03. The van der Waals surface area contributed by atoms with Crippen LogP contribution in [0.15, 0.2) is 18.2 Å². The smallest absolute Gasteiger partial charge is 0.0715 e. The van der Waals surface area contributed by atoms with Crippen molar-refractivity contribution in [2.24, 2.45) is 5.92 Å². The maximum Gasteiger partial charge on any atom is 0.0715 e. The Balaban J connectivity index is 1.80. The summed E-state index contributed by atoms with van der Waals surface area (Å²) < 4.78 is 0. The van der Waals surface area contributed by atoms with Crippen molar-refractivity contribution in [3.05, 3.63) is 34.9 Å². The molecule has 18 heavy (non-hydrogen) atoms. The number of aryl methyl sites for hydroxylation is 2. The first-order valence-electron chi connectivity index (χ1n) is 7.54. The number of fused-ring (bicyclic) bond motifs is 1. The Kier molecular flexibility index (Phi) is 3.19. The molecular weight excluding hydrogens is 220 g/mol. The third-order valence-corrected chi connectivity index (χ3v) is 5.09. The topological polar surface area (TPSA) is 20.2 Å². The van der Waals surface area contributed by atoms with E-state index in [0.29, 0.717) is 5.92 Å². The summed E-state index contributed by atoms with van der Waals surface area (Å²) >= 11 is 0. The summed E-state index contributed by atoms with van der Waals surface area (Å²) in [7, 11) is 0. The second-order valence-electron chi connectivity index (χ2n) is 6.23. The second-order valence-corrected chi connectivity index (χ2v) is 6.23. The van der Waals surface area contributed by atoms with Crippen molar-refractivity contribution < 1.29 is 5.11 Å². The molecule has 1 fully saturated rings. The molecule has 1 aromatic carbocycles. The largest absolute Gasteiger partial charge is 0.389 e. The van der Waals surface area contributed by atoms with Crippen molar-refractivity contribution in [3.8, 4) is 0 Å². The maximum atomic E-state index is 10.9. The summed E-state index contributed by atoms with van der Waals surface area (Å²) in [6, 6.07) is 6.88. The van der Waals surface area contributed by atoms with Gasteiger partial charge in [-0.1, -0.05) is 38.0 Å². The molecule has 1 nitrogen and oxygen atoms in total. The van der Waals surface area contributed by atoms with E-state index < -0.39 is 5.60 Å². The molecule has 2 unspecified atom stereocenters. The molecule has 1 heteroatoms. The van der Waals surface area contributed by atoms with E-state index in [9.17, 15) is 5.11 Å². The second kappa shape index (κ2) is 4.70. The van der Waals surface area contributed by atoms with Crippen molar-refractivity contribution in [3.63, 3.8) is 0 Å². The van der Waals surface area contributed by atoms with Crippen LogP contribution in [0.1, 0.15) is 55.7 Å². The quantitative estimate of drug-likeness (QED) is 0.860. The van der Waals surface area contributed by atoms with E-state index in [0.717, 1.165) is 19.3 Å². The standard InChI is InChI=1S/C17H24O/c1-2-16-7-4-10-17(16,18)12-13-8-9-14-5-3-6-15(14)11-13/h8-9,11,16,18H,2-7,10,12H2,1H3. The van der Waals surface area contributed by atoms with Gasteiger partial charge in [0.1, 0.15) is 0 Å². The van der Waals surface area contributed by atoms with Crippen molar-refractivity contribution in [1.82, 2.24) is 0 Å². The van der Waals surface area contributed by atoms with Gasteiger partial charge in [0, 0.05) is 6.42 Å². The molecule has 2 aliphatic rings. The zero-order chi connectivity index (χ0) is 12.6. The van der Waals surface area contributed by atoms with E-state index in [1.807, 2.05) is 0 Å². The Labute approximate surface area is 110 Å². The molecule has 0 aromatic heterocycles. The Hall–Kier alpha value is -0.820. The van der Waals surface area contributed by atoms with Crippen LogP contribution in [0.3, 0.4) is 0 Å². The summed E-state index contributed by atoms with van der Waals surface area (Å²) in [6.07, 6.45) is 9.15. The highest BCUT2D eigenvalue weighted by atomic mass is 16.3. The van der Waals surface area contributed by atoms with E-state index in [-0.39, 0.29) is 0 Å².